The van der Waals surface area contributed by atoms with E-state index >= 15 is 0 Å². The zero-order chi connectivity index (χ0) is 20.6. The summed E-state index contributed by atoms with van der Waals surface area (Å²) in [5.41, 5.74) is 0.810. The number of amides is 2. The Morgan fingerprint density at radius 3 is 2.41 bits per heavy atom. The molecule has 0 radical (unpaired) electrons. The molecule has 0 aromatic heterocycles. The number of carbonyl (C=O) groups is 2. The maximum absolute atomic E-state index is 12.9. The van der Waals surface area contributed by atoms with Crippen molar-refractivity contribution in [1.82, 2.24) is 9.80 Å². The van der Waals surface area contributed by atoms with Crippen molar-refractivity contribution in [3.05, 3.63) is 68.1 Å². The van der Waals surface area contributed by atoms with Crippen LogP contribution in [0.3, 0.4) is 0 Å². The summed E-state index contributed by atoms with van der Waals surface area (Å²) in [6.07, 6.45) is 0.863. The van der Waals surface area contributed by atoms with Crippen LogP contribution in [0.5, 0.6) is 0 Å². The van der Waals surface area contributed by atoms with Crippen molar-refractivity contribution in [3.8, 4) is 0 Å². The largest absolute Gasteiger partial charge is 0.441 e. The first-order valence-electron chi connectivity index (χ1n) is 9.33. The zero-order valence-electron chi connectivity index (χ0n) is 15.5. The Balaban J connectivity index is 1.41. The molecule has 152 valence electrons. The molecular weight excluding hydrogens is 479 g/mol. The molecule has 0 bridgehead atoms. The summed E-state index contributed by atoms with van der Waals surface area (Å²) < 4.78 is 6.75. The number of likely N-dealkylation sites (tertiary alicyclic amines) is 1. The third-order valence-corrected chi connectivity index (χ3v) is 6.57. The Bertz CT molecular complexity index is 940. The van der Waals surface area contributed by atoms with Gasteiger partial charge in [-0.1, -0.05) is 57.3 Å². The highest BCUT2D eigenvalue weighted by atomic mass is 79.9. The number of rotatable bonds is 3. The van der Waals surface area contributed by atoms with Gasteiger partial charge in [0.2, 0.25) is 0 Å². The second-order valence-corrected chi connectivity index (χ2v) is 9.16. The molecule has 29 heavy (non-hydrogen) atoms. The summed E-state index contributed by atoms with van der Waals surface area (Å²) in [5.74, 6) is -0.189. The van der Waals surface area contributed by atoms with Crippen molar-refractivity contribution < 1.29 is 14.3 Å². The van der Waals surface area contributed by atoms with Crippen LogP contribution in [0, 0.1) is 0 Å². The SMILES string of the molecule is O=C1OC2(CCN(C(=O)c3c(Cl)cccc3Cl)CC2)CN1Cc1cccc(Br)c1. The molecule has 2 fully saturated rings. The zero-order valence-corrected chi connectivity index (χ0v) is 18.6. The summed E-state index contributed by atoms with van der Waals surface area (Å²) in [6.45, 7) is 1.99. The van der Waals surface area contributed by atoms with Crippen molar-refractivity contribution >= 4 is 51.1 Å². The molecule has 2 aromatic carbocycles. The molecule has 0 aliphatic carbocycles. The number of benzene rings is 2. The van der Waals surface area contributed by atoms with Gasteiger partial charge < -0.3 is 9.64 Å². The smallest absolute Gasteiger partial charge is 0.410 e. The topological polar surface area (TPSA) is 49.9 Å². The molecule has 2 saturated heterocycles. The minimum Gasteiger partial charge on any atom is -0.441 e. The van der Waals surface area contributed by atoms with Gasteiger partial charge in [0.05, 0.1) is 22.2 Å². The lowest BCUT2D eigenvalue weighted by Crippen LogP contribution is -2.48. The molecule has 0 N–H and O–H groups in total. The van der Waals surface area contributed by atoms with E-state index in [4.69, 9.17) is 27.9 Å². The number of halogens is 3. The number of hydrogen-bond acceptors (Lipinski definition) is 3. The normalized spacial score (nSPS) is 18.2. The third kappa shape index (κ3) is 4.25. The Labute approximate surface area is 187 Å². The molecule has 1 spiro atoms. The van der Waals surface area contributed by atoms with E-state index in [1.807, 2.05) is 24.3 Å². The molecule has 2 amide bonds. The van der Waals surface area contributed by atoms with Gasteiger partial charge in [0.25, 0.3) is 5.91 Å². The van der Waals surface area contributed by atoms with E-state index in [1.165, 1.54) is 0 Å². The molecule has 0 atom stereocenters. The van der Waals surface area contributed by atoms with Gasteiger partial charge >= 0.3 is 6.09 Å². The van der Waals surface area contributed by atoms with Gasteiger partial charge in [-0.05, 0) is 29.8 Å². The van der Waals surface area contributed by atoms with Crippen LogP contribution >= 0.6 is 39.1 Å². The Morgan fingerprint density at radius 2 is 1.76 bits per heavy atom. The third-order valence-electron chi connectivity index (χ3n) is 5.44. The van der Waals surface area contributed by atoms with Crippen LogP contribution in [-0.4, -0.2) is 47.0 Å². The molecule has 2 aliphatic heterocycles. The van der Waals surface area contributed by atoms with Crippen LogP contribution in [0.15, 0.2) is 46.9 Å². The van der Waals surface area contributed by atoms with E-state index in [9.17, 15) is 9.59 Å². The highest BCUT2D eigenvalue weighted by molar-refractivity contribution is 9.10. The average Bonchev–Trinajstić information content (AvgIpc) is 2.97. The van der Waals surface area contributed by atoms with Crippen molar-refractivity contribution in [1.29, 1.82) is 0 Å². The minimum atomic E-state index is -0.551. The van der Waals surface area contributed by atoms with Crippen LogP contribution in [0.2, 0.25) is 10.0 Å². The standard InChI is InChI=1S/C21H19BrCl2N2O3/c22-15-4-1-3-14(11-15)12-26-13-21(29-20(26)28)7-9-25(10-8-21)19(27)18-16(23)5-2-6-17(18)24/h1-6,11H,7-10,12-13H2. The molecule has 8 heteroatoms. The molecule has 0 saturated carbocycles. The van der Waals surface area contributed by atoms with Crippen molar-refractivity contribution in [3.63, 3.8) is 0 Å². The van der Waals surface area contributed by atoms with Gasteiger partial charge in [-0.15, -0.1) is 0 Å². The number of nitrogens with zero attached hydrogens (tertiary/aromatic N) is 2. The lowest BCUT2D eigenvalue weighted by molar-refractivity contribution is 0.00314. The maximum Gasteiger partial charge on any atom is 0.410 e. The fraction of sp³-hybridized carbons (Fsp3) is 0.333. The second kappa shape index (κ2) is 8.17. The van der Waals surface area contributed by atoms with Gasteiger partial charge in [-0.3, -0.25) is 9.69 Å². The first-order valence-corrected chi connectivity index (χ1v) is 10.9. The lowest BCUT2D eigenvalue weighted by Gasteiger charge is -2.37. The first-order chi connectivity index (χ1) is 13.9. The van der Waals surface area contributed by atoms with Gasteiger partial charge in [0.1, 0.15) is 5.60 Å². The van der Waals surface area contributed by atoms with E-state index in [1.54, 1.807) is 28.0 Å². The molecule has 5 nitrogen and oxygen atoms in total. The van der Waals surface area contributed by atoms with E-state index in [0.717, 1.165) is 10.0 Å². The number of ether oxygens (including phenoxy) is 1. The fourth-order valence-corrected chi connectivity index (χ4v) is 4.91. The Morgan fingerprint density at radius 1 is 1.10 bits per heavy atom. The quantitative estimate of drug-likeness (QED) is 0.571. The molecule has 2 aliphatic rings. The van der Waals surface area contributed by atoms with Crippen LogP contribution in [0.25, 0.3) is 0 Å². The molecule has 2 heterocycles. The Hall–Kier alpha value is -1.76. The molecule has 4 rings (SSSR count). The number of carbonyl (C=O) groups excluding carboxylic acids is 2. The highest BCUT2D eigenvalue weighted by Gasteiger charge is 2.47. The van der Waals surface area contributed by atoms with Crippen LogP contribution in [0.1, 0.15) is 28.8 Å². The predicted molar refractivity (Wildman–Crippen MR) is 115 cm³/mol. The van der Waals surface area contributed by atoms with Crippen molar-refractivity contribution in [2.45, 2.75) is 25.0 Å². The fourth-order valence-electron chi connectivity index (χ4n) is 3.91. The average molecular weight is 498 g/mol. The van der Waals surface area contributed by atoms with Crippen LogP contribution in [-0.2, 0) is 11.3 Å². The molecule has 0 unspecified atom stereocenters. The lowest BCUT2D eigenvalue weighted by atomic mass is 9.91. The highest BCUT2D eigenvalue weighted by Crippen LogP contribution is 2.35. The summed E-state index contributed by atoms with van der Waals surface area (Å²) in [4.78, 5) is 28.8. The maximum atomic E-state index is 12.9. The van der Waals surface area contributed by atoms with Gasteiger partial charge in [0, 0.05) is 36.9 Å². The monoisotopic (exact) mass is 496 g/mol. The van der Waals surface area contributed by atoms with Gasteiger partial charge in [0.15, 0.2) is 0 Å². The van der Waals surface area contributed by atoms with Crippen LogP contribution < -0.4 is 0 Å². The van der Waals surface area contributed by atoms with Crippen molar-refractivity contribution in [2.24, 2.45) is 0 Å². The Kier molecular flexibility index (Phi) is 5.78. The van der Waals surface area contributed by atoms with E-state index in [2.05, 4.69) is 15.9 Å². The van der Waals surface area contributed by atoms with Crippen molar-refractivity contribution in [2.75, 3.05) is 19.6 Å². The first kappa shape index (κ1) is 20.5. The minimum absolute atomic E-state index is 0.189. The van der Waals surface area contributed by atoms with Crippen LogP contribution in [0.4, 0.5) is 4.79 Å². The number of piperidine rings is 1. The number of hydrogen-bond donors (Lipinski definition) is 0. The molecule has 2 aromatic rings. The molecular formula is C21H19BrCl2N2O3. The summed E-state index contributed by atoms with van der Waals surface area (Å²) >= 11 is 15.8. The summed E-state index contributed by atoms with van der Waals surface area (Å²) in [5, 5.41) is 0.686. The summed E-state index contributed by atoms with van der Waals surface area (Å²) in [6, 6.07) is 12.9. The van der Waals surface area contributed by atoms with Gasteiger partial charge in [-0.25, -0.2) is 4.79 Å². The predicted octanol–water partition coefficient (Wildman–Crippen LogP) is 5.38. The van der Waals surface area contributed by atoms with E-state index in [-0.39, 0.29) is 12.0 Å². The van der Waals surface area contributed by atoms with E-state index < -0.39 is 5.60 Å². The second-order valence-electron chi connectivity index (χ2n) is 7.43. The van der Waals surface area contributed by atoms with Gasteiger partial charge in [-0.2, -0.15) is 0 Å². The summed E-state index contributed by atoms with van der Waals surface area (Å²) in [7, 11) is 0. The van der Waals surface area contributed by atoms with E-state index in [0.29, 0.717) is 54.6 Å².